The molecule has 0 amide bonds. The zero-order valence-electron chi connectivity index (χ0n) is 30.1. The third kappa shape index (κ3) is 4.14. The molecule has 1 spiro atoms. The molecule has 0 radical (unpaired) electrons. The van der Waals surface area contributed by atoms with Crippen molar-refractivity contribution in [3.8, 4) is 44.5 Å². The van der Waals surface area contributed by atoms with E-state index >= 15 is 4.39 Å². The van der Waals surface area contributed by atoms with Crippen molar-refractivity contribution >= 4 is 17.1 Å². The lowest BCUT2D eigenvalue weighted by Gasteiger charge is -2.32. The molecule has 3 aliphatic rings. The van der Waals surface area contributed by atoms with Crippen molar-refractivity contribution in [1.29, 1.82) is 0 Å². The molecule has 0 unspecified atom stereocenters. The quantitative estimate of drug-likeness (QED) is 0.177. The van der Waals surface area contributed by atoms with Crippen LogP contribution in [-0.2, 0) is 10.8 Å². The Kier molecular flexibility index (Phi) is 6.47. The van der Waals surface area contributed by atoms with Crippen molar-refractivity contribution in [3.05, 3.63) is 221 Å². The molecule has 0 aromatic heterocycles. The fourth-order valence-corrected chi connectivity index (χ4v) is 9.95. The Morgan fingerprint density at radius 2 is 0.778 bits per heavy atom. The predicted octanol–water partition coefficient (Wildman–Crippen LogP) is 13.6. The van der Waals surface area contributed by atoms with E-state index in [2.05, 4.69) is 183 Å². The van der Waals surface area contributed by atoms with Crippen LogP contribution in [0.3, 0.4) is 0 Å². The van der Waals surface area contributed by atoms with E-state index in [1.807, 2.05) is 6.07 Å². The van der Waals surface area contributed by atoms with Crippen LogP contribution in [0.15, 0.2) is 182 Å². The van der Waals surface area contributed by atoms with Crippen LogP contribution in [0.2, 0.25) is 0 Å². The molecule has 0 aliphatic heterocycles. The third-order valence-corrected chi connectivity index (χ3v) is 12.4. The summed E-state index contributed by atoms with van der Waals surface area (Å²) >= 11 is 0. The molecule has 11 rings (SSSR count). The number of hydrogen-bond acceptors (Lipinski definition) is 1. The van der Waals surface area contributed by atoms with Crippen LogP contribution < -0.4 is 4.90 Å². The van der Waals surface area contributed by atoms with E-state index in [1.54, 1.807) is 12.1 Å². The molecule has 3 aliphatic carbocycles. The summed E-state index contributed by atoms with van der Waals surface area (Å²) in [7, 11) is 0. The Bertz CT molecular complexity index is 2770. The number of halogens is 1. The van der Waals surface area contributed by atoms with Gasteiger partial charge in [-0.1, -0.05) is 147 Å². The summed E-state index contributed by atoms with van der Waals surface area (Å²) in [6.07, 6.45) is 0. The molecule has 256 valence electrons. The standard InChI is InChI=1S/C52H36FN/c1-51(2)45-17-9-6-14-39(45)42-28-25-37(31-48(42)51)54(36-23-20-34(21-24-36)33-12-4-3-5-13-33)38-26-29-44-43-27-22-35(53)30-49(43)52(50(44)32-38)46-18-10-7-15-40(46)41-16-8-11-19-47(41)52/h3-32H,1-2H3. The summed E-state index contributed by atoms with van der Waals surface area (Å²) in [5, 5.41) is 0. The van der Waals surface area contributed by atoms with Crippen LogP contribution in [0, 0.1) is 5.82 Å². The van der Waals surface area contributed by atoms with Gasteiger partial charge in [-0.2, -0.15) is 0 Å². The van der Waals surface area contributed by atoms with Gasteiger partial charge in [0, 0.05) is 22.5 Å². The minimum Gasteiger partial charge on any atom is -0.310 e. The summed E-state index contributed by atoms with van der Waals surface area (Å²) < 4.78 is 15.4. The topological polar surface area (TPSA) is 3.24 Å². The normalized spacial score (nSPS) is 14.5. The van der Waals surface area contributed by atoms with E-state index in [-0.39, 0.29) is 11.2 Å². The number of hydrogen-bond donors (Lipinski definition) is 0. The maximum Gasteiger partial charge on any atom is 0.123 e. The zero-order valence-corrected chi connectivity index (χ0v) is 30.1. The molecular weight excluding hydrogens is 658 g/mol. The van der Waals surface area contributed by atoms with E-state index in [9.17, 15) is 0 Å². The van der Waals surface area contributed by atoms with Crippen LogP contribution in [-0.4, -0.2) is 0 Å². The highest BCUT2D eigenvalue weighted by molar-refractivity contribution is 5.96. The fraction of sp³-hybridized carbons (Fsp3) is 0.0769. The second-order valence-electron chi connectivity index (χ2n) is 15.4. The lowest BCUT2D eigenvalue weighted by molar-refractivity contribution is 0.622. The largest absolute Gasteiger partial charge is 0.310 e. The van der Waals surface area contributed by atoms with Gasteiger partial charge in [0.25, 0.3) is 0 Å². The Morgan fingerprint density at radius 3 is 1.41 bits per heavy atom. The predicted molar refractivity (Wildman–Crippen MR) is 220 cm³/mol. The van der Waals surface area contributed by atoms with Gasteiger partial charge >= 0.3 is 0 Å². The Morgan fingerprint density at radius 1 is 0.352 bits per heavy atom. The number of anilines is 3. The van der Waals surface area contributed by atoms with Crippen molar-refractivity contribution in [2.75, 3.05) is 4.90 Å². The van der Waals surface area contributed by atoms with Gasteiger partial charge in [0.2, 0.25) is 0 Å². The number of benzene rings is 8. The van der Waals surface area contributed by atoms with Crippen LogP contribution in [0.1, 0.15) is 47.2 Å². The molecular formula is C52H36FN. The Hall–Kier alpha value is -6.51. The van der Waals surface area contributed by atoms with Gasteiger partial charge < -0.3 is 4.90 Å². The molecule has 0 saturated carbocycles. The van der Waals surface area contributed by atoms with Gasteiger partial charge in [0.1, 0.15) is 5.82 Å². The number of rotatable bonds is 4. The minimum absolute atomic E-state index is 0.143. The smallest absolute Gasteiger partial charge is 0.123 e. The molecule has 0 N–H and O–H groups in total. The Balaban J connectivity index is 1.16. The molecule has 1 nitrogen and oxygen atoms in total. The molecule has 8 aromatic carbocycles. The zero-order chi connectivity index (χ0) is 36.2. The summed E-state index contributed by atoms with van der Waals surface area (Å²) in [5.41, 5.74) is 19.3. The monoisotopic (exact) mass is 693 g/mol. The van der Waals surface area contributed by atoms with E-state index in [4.69, 9.17) is 0 Å². The maximum atomic E-state index is 15.4. The molecule has 0 saturated heterocycles. The van der Waals surface area contributed by atoms with Crippen LogP contribution in [0.4, 0.5) is 21.5 Å². The molecule has 0 fully saturated rings. The van der Waals surface area contributed by atoms with Gasteiger partial charge in [-0.15, -0.1) is 0 Å². The van der Waals surface area contributed by atoms with Crippen LogP contribution >= 0.6 is 0 Å². The van der Waals surface area contributed by atoms with E-state index in [0.717, 1.165) is 33.8 Å². The van der Waals surface area contributed by atoms with Crippen molar-refractivity contribution in [2.45, 2.75) is 24.7 Å². The summed E-state index contributed by atoms with van der Waals surface area (Å²) in [6.45, 7) is 4.68. The van der Waals surface area contributed by atoms with Gasteiger partial charge in [-0.3, -0.25) is 0 Å². The molecule has 2 heteroatoms. The van der Waals surface area contributed by atoms with Gasteiger partial charge in [-0.05, 0) is 126 Å². The Labute approximate surface area is 315 Å². The van der Waals surface area contributed by atoms with E-state index in [0.29, 0.717) is 0 Å². The van der Waals surface area contributed by atoms with Gasteiger partial charge in [0.15, 0.2) is 0 Å². The average molecular weight is 694 g/mol. The highest BCUT2D eigenvalue weighted by Gasteiger charge is 2.52. The molecule has 54 heavy (non-hydrogen) atoms. The first-order valence-corrected chi connectivity index (χ1v) is 18.8. The molecule has 0 bridgehead atoms. The highest BCUT2D eigenvalue weighted by Crippen LogP contribution is 2.63. The third-order valence-electron chi connectivity index (χ3n) is 12.4. The molecule has 0 heterocycles. The molecule has 0 atom stereocenters. The van der Waals surface area contributed by atoms with E-state index < -0.39 is 5.41 Å². The lowest BCUT2D eigenvalue weighted by Crippen LogP contribution is -2.26. The first-order valence-electron chi connectivity index (χ1n) is 18.8. The first kappa shape index (κ1) is 31.1. The van der Waals surface area contributed by atoms with Crippen molar-refractivity contribution in [3.63, 3.8) is 0 Å². The number of nitrogens with zero attached hydrogens (tertiary/aromatic N) is 1. The van der Waals surface area contributed by atoms with Crippen molar-refractivity contribution in [2.24, 2.45) is 0 Å². The second-order valence-corrected chi connectivity index (χ2v) is 15.4. The fourth-order valence-electron chi connectivity index (χ4n) is 9.95. The van der Waals surface area contributed by atoms with Gasteiger partial charge in [-0.25, -0.2) is 4.39 Å². The summed E-state index contributed by atoms with van der Waals surface area (Å²) in [4.78, 5) is 2.40. The average Bonchev–Trinajstić information content (AvgIpc) is 3.77. The van der Waals surface area contributed by atoms with Crippen LogP contribution in [0.25, 0.3) is 44.5 Å². The second kappa shape index (κ2) is 11.2. The van der Waals surface area contributed by atoms with Crippen molar-refractivity contribution < 1.29 is 4.39 Å². The number of fused-ring (bicyclic) bond motifs is 13. The summed E-state index contributed by atoms with van der Waals surface area (Å²) in [6, 6.07) is 64.9. The van der Waals surface area contributed by atoms with Crippen molar-refractivity contribution in [1.82, 2.24) is 0 Å². The summed E-state index contributed by atoms with van der Waals surface area (Å²) in [5.74, 6) is -0.218. The maximum absolute atomic E-state index is 15.4. The molecule has 8 aromatic rings. The minimum atomic E-state index is -0.652. The lowest BCUT2D eigenvalue weighted by atomic mass is 9.70. The van der Waals surface area contributed by atoms with E-state index in [1.165, 1.54) is 61.2 Å². The first-order chi connectivity index (χ1) is 26.4. The van der Waals surface area contributed by atoms with Gasteiger partial charge in [0.05, 0.1) is 5.41 Å². The highest BCUT2D eigenvalue weighted by atomic mass is 19.1. The SMILES string of the molecule is CC1(C)c2ccccc2-c2ccc(N(c3ccc(-c4ccccc4)cc3)c3ccc4c(c3)C3(c5ccccc5-c5ccccc53)c3cc(F)ccc3-4)cc21. The van der Waals surface area contributed by atoms with Crippen LogP contribution in [0.5, 0.6) is 0 Å².